The molecule has 0 radical (unpaired) electrons. The maximum absolute atomic E-state index is 11.6. The third kappa shape index (κ3) is 5.31. The summed E-state index contributed by atoms with van der Waals surface area (Å²) in [6.07, 6.45) is -0.604. The van der Waals surface area contributed by atoms with Crippen LogP contribution in [0.3, 0.4) is 0 Å². The van der Waals surface area contributed by atoms with Crippen molar-refractivity contribution in [2.24, 2.45) is 0 Å². The Bertz CT molecular complexity index is 482. The molecule has 1 aromatic heterocycles. The highest BCUT2D eigenvalue weighted by Gasteiger charge is 2.21. The Morgan fingerprint density at radius 2 is 2.05 bits per heavy atom. The number of ether oxygens (including phenoxy) is 2. The molecule has 0 atom stereocenters. The highest BCUT2D eigenvalue weighted by molar-refractivity contribution is 14.1. The van der Waals surface area contributed by atoms with Crippen LogP contribution < -0.4 is 5.32 Å². The maximum Gasteiger partial charge on any atom is 0.413 e. The van der Waals surface area contributed by atoms with E-state index in [1.54, 1.807) is 27.7 Å². The summed E-state index contributed by atoms with van der Waals surface area (Å²) in [6, 6.07) is 0. The number of nitrogens with one attached hydrogen (secondary N) is 1. The minimum Gasteiger partial charge on any atom is -0.461 e. The third-order valence-corrected chi connectivity index (χ3v) is 3.59. The second kappa shape index (κ2) is 6.51. The molecule has 106 valence electrons. The fourth-order valence-corrected chi connectivity index (χ4v) is 2.70. The van der Waals surface area contributed by atoms with E-state index in [2.05, 4.69) is 10.3 Å². The van der Waals surface area contributed by atoms with Crippen molar-refractivity contribution in [1.82, 2.24) is 4.98 Å². The van der Waals surface area contributed by atoms with Gasteiger partial charge >= 0.3 is 12.1 Å². The molecule has 1 N–H and O–H groups in total. The number of hydrogen-bond acceptors (Lipinski definition) is 6. The lowest BCUT2D eigenvalue weighted by atomic mass is 10.2. The van der Waals surface area contributed by atoms with Crippen molar-refractivity contribution in [3.05, 3.63) is 8.58 Å². The summed E-state index contributed by atoms with van der Waals surface area (Å²) < 4.78 is 10.6. The Labute approximate surface area is 129 Å². The second-order valence-electron chi connectivity index (χ2n) is 4.49. The number of anilines is 1. The first kappa shape index (κ1) is 16.2. The molecule has 1 heterocycles. The molecule has 0 fully saturated rings. The molecule has 6 nitrogen and oxygen atoms in total. The van der Waals surface area contributed by atoms with Crippen LogP contribution in [0.5, 0.6) is 0 Å². The van der Waals surface area contributed by atoms with Gasteiger partial charge in [0.1, 0.15) is 8.48 Å². The van der Waals surface area contributed by atoms with E-state index in [1.165, 1.54) is 11.3 Å². The lowest BCUT2D eigenvalue weighted by Gasteiger charge is -2.18. The normalized spacial score (nSPS) is 11.0. The van der Waals surface area contributed by atoms with E-state index < -0.39 is 17.7 Å². The number of amides is 1. The van der Waals surface area contributed by atoms with Gasteiger partial charge in [-0.05, 0) is 50.3 Å². The summed E-state index contributed by atoms with van der Waals surface area (Å²) >= 11 is 3.16. The van der Waals surface area contributed by atoms with Crippen LogP contribution in [0.1, 0.15) is 38.2 Å². The van der Waals surface area contributed by atoms with E-state index in [-0.39, 0.29) is 12.3 Å². The number of esters is 1. The summed E-state index contributed by atoms with van der Waals surface area (Å²) in [5.41, 5.74) is -0.378. The quantitative estimate of drug-likeness (QED) is 0.625. The molecule has 1 aromatic rings. The number of aromatic nitrogens is 1. The van der Waals surface area contributed by atoms with Gasteiger partial charge in [-0.3, -0.25) is 5.32 Å². The SMILES string of the molecule is CCOC(=O)c1nc(NC(=O)OC(C)(C)C)sc1I. The highest BCUT2D eigenvalue weighted by atomic mass is 127. The van der Waals surface area contributed by atoms with Gasteiger partial charge in [-0.25, -0.2) is 14.6 Å². The smallest absolute Gasteiger partial charge is 0.413 e. The van der Waals surface area contributed by atoms with Crippen LogP contribution >= 0.6 is 33.9 Å². The van der Waals surface area contributed by atoms with E-state index in [1.807, 2.05) is 22.6 Å². The Balaban J connectivity index is 2.74. The first-order valence-corrected chi connectivity index (χ1v) is 7.46. The molecule has 0 aromatic carbocycles. The molecule has 1 rings (SSSR count). The van der Waals surface area contributed by atoms with E-state index in [9.17, 15) is 9.59 Å². The van der Waals surface area contributed by atoms with E-state index in [0.29, 0.717) is 8.02 Å². The Kier molecular flexibility index (Phi) is 5.53. The number of hydrogen-bond donors (Lipinski definition) is 1. The largest absolute Gasteiger partial charge is 0.461 e. The van der Waals surface area contributed by atoms with Crippen molar-refractivity contribution in [3.8, 4) is 0 Å². The second-order valence-corrected chi connectivity index (χ2v) is 7.30. The van der Waals surface area contributed by atoms with Crippen LogP contribution in [0.25, 0.3) is 0 Å². The van der Waals surface area contributed by atoms with Crippen LogP contribution in [0, 0.1) is 2.88 Å². The third-order valence-electron chi connectivity index (χ3n) is 1.66. The van der Waals surface area contributed by atoms with Gasteiger partial charge < -0.3 is 9.47 Å². The van der Waals surface area contributed by atoms with E-state index in [0.717, 1.165) is 0 Å². The van der Waals surface area contributed by atoms with Crippen LogP contribution in [0.15, 0.2) is 0 Å². The van der Waals surface area contributed by atoms with Crippen LogP contribution in [0.2, 0.25) is 0 Å². The molecular formula is C11H15IN2O4S. The number of carbonyl (C=O) groups is 2. The molecule has 8 heteroatoms. The molecule has 19 heavy (non-hydrogen) atoms. The van der Waals surface area contributed by atoms with Gasteiger partial charge in [0, 0.05) is 0 Å². The molecule has 0 bridgehead atoms. The Morgan fingerprint density at radius 3 is 2.58 bits per heavy atom. The zero-order valence-corrected chi connectivity index (χ0v) is 14.0. The van der Waals surface area contributed by atoms with Crippen molar-refractivity contribution in [1.29, 1.82) is 0 Å². The molecule has 0 saturated carbocycles. The van der Waals surface area contributed by atoms with Gasteiger partial charge in [-0.2, -0.15) is 0 Å². The Hall–Kier alpha value is -0.900. The Morgan fingerprint density at radius 1 is 1.42 bits per heavy atom. The zero-order valence-electron chi connectivity index (χ0n) is 11.1. The van der Waals surface area contributed by atoms with Gasteiger partial charge in [0.2, 0.25) is 0 Å². The van der Waals surface area contributed by atoms with Crippen molar-refractivity contribution in [2.45, 2.75) is 33.3 Å². The fourth-order valence-electron chi connectivity index (χ4n) is 1.07. The minimum absolute atomic E-state index is 0.207. The van der Waals surface area contributed by atoms with Gasteiger partial charge in [-0.1, -0.05) is 11.3 Å². The fraction of sp³-hybridized carbons (Fsp3) is 0.545. The average Bonchev–Trinajstić information content (AvgIpc) is 2.56. The summed E-state index contributed by atoms with van der Waals surface area (Å²) in [5, 5.41) is 2.80. The maximum atomic E-state index is 11.6. The number of nitrogens with zero attached hydrogens (tertiary/aromatic N) is 1. The minimum atomic E-state index is -0.604. The van der Waals surface area contributed by atoms with Crippen LogP contribution in [-0.4, -0.2) is 29.3 Å². The van der Waals surface area contributed by atoms with E-state index >= 15 is 0 Å². The molecule has 1 amide bonds. The molecule has 0 aliphatic rings. The average molecular weight is 398 g/mol. The van der Waals surface area contributed by atoms with Gasteiger partial charge in [0.15, 0.2) is 10.8 Å². The van der Waals surface area contributed by atoms with Crippen LogP contribution in [0.4, 0.5) is 9.93 Å². The summed E-state index contributed by atoms with van der Waals surface area (Å²) in [7, 11) is 0. The number of carbonyl (C=O) groups excluding carboxylic acids is 2. The van der Waals surface area contributed by atoms with Crippen LogP contribution in [-0.2, 0) is 9.47 Å². The lowest BCUT2D eigenvalue weighted by Crippen LogP contribution is -2.27. The molecule has 0 aliphatic carbocycles. The molecular weight excluding hydrogens is 383 g/mol. The summed E-state index contributed by atoms with van der Waals surface area (Å²) in [6.45, 7) is 7.30. The number of thiazole rings is 1. The summed E-state index contributed by atoms with van der Waals surface area (Å²) in [5.74, 6) is -0.500. The zero-order chi connectivity index (χ0) is 14.6. The monoisotopic (exact) mass is 398 g/mol. The molecule has 0 unspecified atom stereocenters. The first-order chi connectivity index (χ1) is 8.73. The topological polar surface area (TPSA) is 77.5 Å². The van der Waals surface area contributed by atoms with Crippen molar-refractivity contribution >= 4 is 51.1 Å². The van der Waals surface area contributed by atoms with E-state index in [4.69, 9.17) is 9.47 Å². The molecule has 0 spiro atoms. The van der Waals surface area contributed by atoms with Gasteiger partial charge in [0.05, 0.1) is 6.61 Å². The van der Waals surface area contributed by atoms with Gasteiger partial charge in [-0.15, -0.1) is 0 Å². The predicted molar refractivity (Wildman–Crippen MR) is 80.6 cm³/mol. The van der Waals surface area contributed by atoms with Crippen molar-refractivity contribution in [3.63, 3.8) is 0 Å². The van der Waals surface area contributed by atoms with Crippen molar-refractivity contribution in [2.75, 3.05) is 11.9 Å². The predicted octanol–water partition coefficient (Wildman–Crippen LogP) is 3.27. The number of rotatable bonds is 3. The first-order valence-electron chi connectivity index (χ1n) is 5.56. The standard InChI is InChI=1S/C11H15IN2O4S/c1-5-17-8(15)6-7(12)19-9(13-6)14-10(16)18-11(2,3)4/h5H2,1-4H3,(H,13,14,16). The lowest BCUT2D eigenvalue weighted by molar-refractivity contribution is 0.0517. The van der Waals surface area contributed by atoms with Crippen molar-refractivity contribution < 1.29 is 19.1 Å². The highest BCUT2D eigenvalue weighted by Crippen LogP contribution is 2.25. The molecule has 0 saturated heterocycles. The summed E-state index contributed by atoms with van der Waals surface area (Å²) in [4.78, 5) is 27.1. The van der Waals surface area contributed by atoms with Gasteiger partial charge in [0.25, 0.3) is 0 Å². The number of halogens is 1. The molecule has 0 aliphatic heterocycles.